The monoisotopic (exact) mass is 250 g/mol. The van der Waals surface area contributed by atoms with E-state index in [1.807, 2.05) is 0 Å². The minimum atomic E-state index is -0.478. The lowest BCUT2D eigenvalue weighted by Gasteiger charge is -1.98. The number of hydrogen-bond acceptors (Lipinski definition) is 5. The molecule has 0 saturated heterocycles. The van der Waals surface area contributed by atoms with Crippen LogP contribution in [0.1, 0.15) is 24.7 Å². The van der Waals surface area contributed by atoms with Gasteiger partial charge < -0.3 is 4.74 Å². The topological polar surface area (TPSA) is 82.3 Å². The second-order valence-electron chi connectivity index (χ2n) is 3.51. The maximum absolute atomic E-state index is 11.1. The van der Waals surface area contributed by atoms with Gasteiger partial charge in [-0.3, -0.25) is 14.9 Å². The quantitative estimate of drug-likeness (QED) is 0.454. The molecule has 6 nitrogen and oxygen atoms in total. The number of aryl methyl sites for hydroxylation is 1. The summed E-state index contributed by atoms with van der Waals surface area (Å²) in [6.45, 7) is 3.66. The summed E-state index contributed by atoms with van der Waals surface area (Å²) in [6.07, 6.45) is 3.41. The predicted molar refractivity (Wildman–Crippen MR) is 65.9 cm³/mol. The van der Waals surface area contributed by atoms with Gasteiger partial charge >= 0.3 is 5.97 Å². The first-order valence-corrected chi connectivity index (χ1v) is 5.48. The van der Waals surface area contributed by atoms with E-state index in [4.69, 9.17) is 4.74 Å². The summed E-state index contributed by atoms with van der Waals surface area (Å²) in [5, 5.41) is 10.6. The molecule has 6 heteroatoms. The highest BCUT2D eigenvalue weighted by atomic mass is 16.6. The molecule has 1 aromatic rings. The van der Waals surface area contributed by atoms with E-state index in [1.54, 1.807) is 26.0 Å². The minimum Gasteiger partial charge on any atom is -0.466 e. The fraction of sp³-hybridized carbons (Fsp3) is 0.333. The van der Waals surface area contributed by atoms with Gasteiger partial charge in [-0.05, 0) is 26.0 Å². The Hall–Kier alpha value is -2.24. The van der Waals surface area contributed by atoms with E-state index in [0.717, 1.165) is 0 Å². The van der Waals surface area contributed by atoms with Gasteiger partial charge in [0.2, 0.25) is 0 Å². The lowest BCUT2D eigenvalue weighted by Crippen LogP contribution is -2.01. The molecular formula is C12H14N2O4. The number of carbonyl (C=O) groups excluding carboxylic acids is 1. The zero-order chi connectivity index (χ0) is 13.5. The lowest BCUT2D eigenvalue weighted by molar-refractivity contribution is -0.385. The van der Waals surface area contributed by atoms with Crippen LogP contribution in [0.3, 0.4) is 0 Å². The number of nitrogens with zero attached hydrogens (tertiary/aromatic N) is 2. The normalized spacial score (nSPS) is 10.6. The second kappa shape index (κ2) is 6.48. The number of hydrogen-bond donors (Lipinski definition) is 0. The van der Waals surface area contributed by atoms with Crippen LogP contribution in [0.4, 0.5) is 5.69 Å². The third-order valence-electron chi connectivity index (χ3n) is 2.15. The molecule has 1 aromatic heterocycles. The number of aromatic nitrogens is 1. The summed E-state index contributed by atoms with van der Waals surface area (Å²) in [6, 6.07) is 2.93. The van der Waals surface area contributed by atoms with Crippen LogP contribution < -0.4 is 0 Å². The predicted octanol–water partition coefficient (Wildman–Crippen LogP) is 2.26. The Morgan fingerprint density at radius 3 is 2.83 bits per heavy atom. The molecule has 18 heavy (non-hydrogen) atoms. The molecule has 1 heterocycles. The number of carbonyl (C=O) groups is 1. The van der Waals surface area contributed by atoms with Gasteiger partial charge in [0, 0.05) is 6.07 Å². The van der Waals surface area contributed by atoms with Gasteiger partial charge in [0.05, 0.1) is 23.6 Å². The third kappa shape index (κ3) is 3.97. The molecule has 0 saturated carbocycles. The molecule has 0 aromatic carbocycles. The van der Waals surface area contributed by atoms with Crippen molar-refractivity contribution in [2.24, 2.45) is 0 Å². The Bertz CT molecular complexity index is 483. The van der Waals surface area contributed by atoms with Gasteiger partial charge in [-0.15, -0.1) is 0 Å². The Labute approximate surface area is 104 Å². The molecule has 1 rings (SSSR count). The minimum absolute atomic E-state index is 0.0162. The molecule has 0 aliphatic heterocycles. The van der Waals surface area contributed by atoms with Crippen molar-refractivity contribution in [1.82, 2.24) is 4.98 Å². The molecule has 0 amide bonds. The summed E-state index contributed by atoms with van der Waals surface area (Å²) >= 11 is 0. The molecule has 0 radical (unpaired) electrons. The lowest BCUT2D eigenvalue weighted by atomic mass is 10.2. The first-order chi connectivity index (χ1) is 8.54. The van der Waals surface area contributed by atoms with E-state index in [9.17, 15) is 14.9 Å². The smallest absolute Gasteiger partial charge is 0.309 e. The average molecular weight is 250 g/mol. The van der Waals surface area contributed by atoms with Gasteiger partial charge in [-0.1, -0.05) is 6.08 Å². The van der Waals surface area contributed by atoms with Crippen LogP contribution in [0.5, 0.6) is 0 Å². The fourth-order valence-electron chi connectivity index (χ4n) is 1.35. The van der Waals surface area contributed by atoms with Crippen LogP contribution in [0.2, 0.25) is 0 Å². The van der Waals surface area contributed by atoms with Crippen LogP contribution in [0, 0.1) is 17.0 Å². The van der Waals surface area contributed by atoms with Crippen LogP contribution in [-0.4, -0.2) is 22.5 Å². The van der Waals surface area contributed by atoms with Crippen molar-refractivity contribution < 1.29 is 14.5 Å². The van der Waals surface area contributed by atoms with Gasteiger partial charge in [0.25, 0.3) is 5.69 Å². The van der Waals surface area contributed by atoms with Gasteiger partial charge in [-0.2, -0.15) is 0 Å². The van der Waals surface area contributed by atoms with Crippen LogP contribution in [0.25, 0.3) is 6.08 Å². The summed E-state index contributed by atoms with van der Waals surface area (Å²) in [7, 11) is 0. The highest BCUT2D eigenvalue weighted by molar-refractivity contribution is 5.72. The average Bonchev–Trinajstić information content (AvgIpc) is 2.29. The highest BCUT2D eigenvalue weighted by Gasteiger charge is 2.10. The molecule has 0 fully saturated rings. The van der Waals surface area contributed by atoms with E-state index < -0.39 is 4.92 Å². The number of pyridine rings is 1. The molecule has 0 unspecified atom stereocenters. The Kier molecular flexibility index (Phi) is 4.98. The van der Waals surface area contributed by atoms with Crippen molar-refractivity contribution in [2.45, 2.75) is 20.3 Å². The Morgan fingerprint density at radius 1 is 1.56 bits per heavy atom. The standard InChI is InChI=1S/C12H14N2O4/c1-3-18-12(15)6-4-5-10-7-8-11(14(16)17)9(2)13-10/h4-5,7-8H,3,6H2,1-2H3. The summed E-state index contributed by atoms with van der Waals surface area (Å²) in [5.41, 5.74) is 0.901. The number of esters is 1. The van der Waals surface area contributed by atoms with Crippen molar-refractivity contribution >= 4 is 17.7 Å². The second-order valence-corrected chi connectivity index (χ2v) is 3.51. The molecule has 0 N–H and O–H groups in total. The summed E-state index contributed by atoms with van der Waals surface area (Å²) in [5.74, 6) is -0.313. The van der Waals surface area contributed by atoms with Crippen molar-refractivity contribution in [1.29, 1.82) is 0 Å². The molecule has 0 aliphatic carbocycles. The van der Waals surface area contributed by atoms with E-state index in [1.165, 1.54) is 12.1 Å². The first-order valence-electron chi connectivity index (χ1n) is 5.48. The van der Waals surface area contributed by atoms with Crippen LogP contribution in [0.15, 0.2) is 18.2 Å². The molecule has 0 aliphatic rings. The van der Waals surface area contributed by atoms with Gasteiger partial charge in [0.15, 0.2) is 0 Å². The van der Waals surface area contributed by atoms with E-state index in [-0.39, 0.29) is 18.1 Å². The van der Waals surface area contributed by atoms with Crippen LogP contribution in [-0.2, 0) is 9.53 Å². The van der Waals surface area contributed by atoms with Gasteiger partial charge in [0.1, 0.15) is 5.69 Å². The molecular weight excluding hydrogens is 236 g/mol. The zero-order valence-electron chi connectivity index (χ0n) is 10.3. The SMILES string of the molecule is CCOC(=O)CC=Cc1ccc([N+](=O)[O-])c(C)n1. The van der Waals surface area contributed by atoms with Crippen molar-refractivity contribution in [3.63, 3.8) is 0 Å². The maximum Gasteiger partial charge on any atom is 0.309 e. The Balaban J connectivity index is 2.69. The van der Waals surface area contributed by atoms with E-state index in [2.05, 4.69) is 4.98 Å². The summed E-state index contributed by atoms with van der Waals surface area (Å²) < 4.78 is 4.75. The fourth-order valence-corrected chi connectivity index (χ4v) is 1.35. The molecule has 0 bridgehead atoms. The maximum atomic E-state index is 11.1. The van der Waals surface area contributed by atoms with Crippen molar-refractivity contribution in [2.75, 3.05) is 6.61 Å². The largest absolute Gasteiger partial charge is 0.466 e. The van der Waals surface area contributed by atoms with E-state index >= 15 is 0 Å². The number of ether oxygens (including phenoxy) is 1. The molecule has 0 spiro atoms. The Morgan fingerprint density at radius 2 is 2.28 bits per heavy atom. The van der Waals surface area contributed by atoms with Crippen LogP contribution >= 0.6 is 0 Å². The number of nitro groups is 1. The first kappa shape index (κ1) is 13.8. The van der Waals surface area contributed by atoms with Gasteiger partial charge in [-0.25, -0.2) is 4.98 Å². The summed E-state index contributed by atoms with van der Waals surface area (Å²) in [4.78, 5) is 25.2. The molecule has 0 atom stereocenters. The third-order valence-corrected chi connectivity index (χ3v) is 2.15. The van der Waals surface area contributed by atoms with Crippen molar-refractivity contribution in [3.8, 4) is 0 Å². The van der Waals surface area contributed by atoms with E-state index in [0.29, 0.717) is 18.0 Å². The number of rotatable bonds is 5. The van der Waals surface area contributed by atoms with Crippen molar-refractivity contribution in [3.05, 3.63) is 39.7 Å². The zero-order valence-corrected chi connectivity index (χ0v) is 10.3. The highest BCUT2D eigenvalue weighted by Crippen LogP contribution is 2.16. The molecule has 96 valence electrons.